The molecule has 0 saturated carbocycles. The van der Waals surface area contributed by atoms with Gasteiger partial charge >= 0.3 is 5.97 Å². The number of rotatable bonds is 6. The van der Waals surface area contributed by atoms with Gasteiger partial charge in [-0.3, -0.25) is 14.6 Å². The number of carbonyl (C=O) groups is 2. The Morgan fingerprint density at radius 1 is 1.30 bits per heavy atom. The number of ether oxygens (including phenoxy) is 1. The predicted octanol–water partition coefficient (Wildman–Crippen LogP) is 2.88. The summed E-state index contributed by atoms with van der Waals surface area (Å²) in [6.07, 6.45) is 3.15. The van der Waals surface area contributed by atoms with Crippen LogP contribution in [-0.4, -0.2) is 67.0 Å². The molecule has 7 nitrogen and oxygen atoms in total. The van der Waals surface area contributed by atoms with Crippen molar-refractivity contribution in [3.8, 4) is 0 Å². The summed E-state index contributed by atoms with van der Waals surface area (Å²) in [5.41, 5.74) is 1.28. The maximum absolute atomic E-state index is 12.6. The van der Waals surface area contributed by atoms with E-state index in [4.69, 9.17) is 4.74 Å². The van der Waals surface area contributed by atoms with Crippen molar-refractivity contribution >= 4 is 53.1 Å². The maximum atomic E-state index is 12.6. The molecule has 1 fully saturated rings. The summed E-state index contributed by atoms with van der Waals surface area (Å²) in [5, 5.41) is 5.41. The number of aliphatic imine (C=N–C) groups is 1. The van der Waals surface area contributed by atoms with Crippen molar-refractivity contribution in [1.29, 1.82) is 0 Å². The first-order chi connectivity index (χ1) is 14.1. The van der Waals surface area contributed by atoms with Gasteiger partial charge in [-0.25, -0.2) is 0 Å². The number of nitrogens with zero attached hydrogens (tertiary/aromatic N) is 3. The van der Waals surface area contributed by atoms with Crippen molar-refractivity contribution in [2.45, 2.75) is 46.1 Å². The number of thiophene rings is 1. The molecule has 1 saturated heterocycles. The summed E-state index contributed by atoms with van der Waals surface area (Å²) in [7, 11) is 0. The number of hydrogen-bond donors (Lipinski definition) is 1. The molecule has 1 aromatic heterocycles. The number of fused-ring (bicyclic) bond motifs is 1. The highest BCUT2D eigenvalue weighted by molar-refractivity contribution is 14.0. The van der Waals surface area contributed by atoms with Gasteiger partial charge in [-0.1, -0.05) is 0 Å². The Morgan fingerprint density at radius 3 is 2.90 bits per heavy atom. The molecule has 2 aliphatic rings. The summed E-state index contributed by atoms with van der Waals surface area (Å²) in [5.74, 6) is 0.709. The molecule has 0 aromatic carbocycles. The third-order valence-corrected chi connectivity index (χ3v) is 6.45. The molecule has 0 spiro atoms. The van der Waals surface area contributed by atoms with E-state index in [-0.39, 0.29) is 41.8 Å². The summed E-state index contributed by atoms with van der Waals surface area (Å²) < 4.78 is 5.19. The van der Waals surface area contributed by atoms with Crippen LogP contribution in [-0.2, 0) is 27.3 Å². The van der Waals surface area contributed by atoms with E-state index in [0.29, 0.717) is 26.1 Å². The first-order valence-corrected chi connectivity index (χ1v) is 11.5. The zero-order valence-corrected chi connectivity index (χ0v) is 21.0. The summed E-state index contributed by atoms with van der Waals surface area (Å²) in [4.78, 5) is 34.9. The smallest absolute Gasteiger partial charge is 0.310 e. The number of likely N-dealkylation sites (tertiary alicyclic amines) is 1. The van der Waals surface area contributed by atoms with Crippen LogP contribution >= 0.6 is 35.3 Å². The Hall–Kier alpha value is -1.36. The molecule has 1 atom stereocenters. The summed E-state index contributed by atoms with van der Waals surface area (Å²) in [6, 6.07) is 2.12. The monoisotopic (exact) mass is 548 g/mol. The van der Waals surface area contributed by atoms with Crippen LogP contribution in [0.1, 0.15) is 43.6 Å². The standard InChI is InChI=1S/C21H32N4O3S.HI/c1-3-22-21(25-11-5-6-17(15-25)20(27)28-4-2)23-10-7-19(26)24-12-8-18-16(14-24)9-13-29-18;/h9,13,17H,3-8,10-12,14-15H2,1-2H3,(H,22,23);1H. The number of halogens is 1. The number of piperidine rings is 1. The van der Waals surface area contributed by atoms with E-state index in [1.807, 2.05) is 18.7 Å². The normalized spacial score (nSPS) is 19.0. The predicted molar refractivity (Wildman–Crippen MR) is 130 cm³/mol. The first kappa shape index (κ1) is 24.9. The molecule has 30 heavy (non-hydrogen) atoms. The fourth-order valence-electron chi connectivity index (χ4n) is 3.92. The van der Waals surface area contributed by atoms with Crippen molar-refractivity contribution < 1.29 is 14.3 Å². The second kappa shape index (κ2) is 12.5. The number of nitrogens with one attached hydrogen (secondary N) is 1. The average molecular weight is 548 g/mol. The van der Waals surface area contributed by atoms with Crippen LogP contribution in [0.15, 0.2) is 16.4 Å². The molecule has 0 aliphatic carbocycles. The Labute approximate surface area is 200 Å². The Balaban J connectivity index is 0.00000320. The van der Waals surface area contributed by atoms with E-state index in [2.05, 4.69) is 26.7 Å². The van der Waals surface area contributed by atoms with Crippen molar-refractivity contribution in [2.75, 3.05) is 39.3 Å². The number of carbonyl (C=O) groups excluding carboxylic acids is 2. The van der Waals surface area contributed by atoms with Gasteiger partial charge in [0.1, 0.15) is 0 Å². The molecule has 1 N–H and O–H groups in total. The maximum Gasteiger partial charge on any atom is 0.310 e. The fourth-order valence-corrected chi connectivity index (χ4v) is 4.81. The quantitative estimate of drug-likeness (QED) is 0.256. The summed E-state index contributed by atoms with van der Waals surface area (Å²) in [6.45, 7) is 8.47. The number of guanidine groups is 1. The van der Waals surface area contributed by atoms with E-state index in [1.165, 1.54) is 10.4 Å². The van der Waals surface area contributed by atoms with Crippen LogP contribution in [0.2, 0.25) is 0 Å². The number of amides is 1. The minimum absolute atomic E-state index is 0. The lowest BCUT2D eigenvalue weighted by molar-refractivity contribution is -0.149. The number of esters is 1. The third kappa shape index (κ3) is 6.57. The van der Waals surface area contributed by atoms with Crippen LogP contribution in [0, 0.1) is 5.92 Å². The van der Waals surface area contributed by atoms with Gasteiger partial charge in [0.05, 0.1) is 19.1 Å². The van der Waals surface area contributed by atoms with Crippen LogP contribution in [0.4, 0.5) is 0 Å². The van der Waals surface area contributed by atoms with Crippen LogP contribution in [0.3, 0.4) is 0 Å². The van der Waals surface area contributed by atoms with Crippen molar-refractivity contribution in [1.82, 2.24) is 15.1 Å². The molecule has 168 valence electrons. The SMILES string of the molecule is CCNC(=NCCC(=O)N1CCc2sccc2C1)N1CCCC(C(=O)OCC)C1.I. The molecule has 9 heteroatoms. The van der Waals surface area contributed by atoms with Gasteiger partial charge in [0.25, 0.3) is 0 Å². The molecular weight excluding hydrogens is 515 g/mol. The second-order valence-corrected chi connectivity index (χ2v) is 8.46. The molecule has 2 aliphatic heterocycles. The highest BCUT2D eigenvalue weighted by Crippen LogP contribution is 2.24. The van der Waals surface area contributed by atoms with Crippen molar-refractivity contribution in [3.63, 3.8) is 0 Å². The third-order valence-electron chi connectivity index (χ3n) is 5.42. The zero-order chi connectivity index (χ0) is 20.6. The Kier molecular flexibility index (Phi) is 10.4. The van der Waals surface area contributed by atoms with Gasteiger partial charge in [-0.2, -0.15) is 0 Å². The molecule has 3 heterocycles. The molecule has 0 radical (unpaired) electrons. The van der Waals surface area contributed by atoms with E-state index >= 15 is 0 Å². The van der Waals surface area contributed by atoms with E-state index in [1.54, 1.807) is 11.3 Å². The van der Waals surface area contributed by atoms with E-state index < -0.39 is 0 Å². The van der Waals surface area contributed by atoms with Gasteiger partial charge in [0.15, 0.2) is 5.96 Å². The lowest BCUT2D eigenvalue weighted by atomic mass is 9.98. The van der Waals surface area contributed by atoms with Gasteiger partial charge in [-0.05, 0) is 50.1 Å². The van der Waals surface area contributed by atoms with Crippen LogP contribution < -0.4 is 5.32 Å². The highest BCUT2D eigenvalue weighted by atomic mass is 127. The van der Waals surface area contributed by atoms with Gasteiger partial charge in [0, 0.05) is 44.0 Å². The minimum atomic E-state index is -0.124. The molecular formula is C21H33IN4O3S. The Morgan fingerprint density at radius 2 is 2.13 bits per heavy atom. The topological polar surface area (TPSA) is 74.2 Å². The molecule has 3 rings (SSSR count). The van der Waals surface area contributed by atoms with E-state index in [9.17, 15) is 9.59 Å². The van der Waals surface area contributed by atoms with Gasteiger partial charge in [-0.15, -0.1) is 35.3 Å². The largest absolute Gasteiger partial charge is 0.466 e. The van der Waals surface area contributed by atoms with E-state index in [0.717, 1.165) is 51.4 Å². The van der Waals surface area contributed by atoms with Crippen molar-refractivity contribution in [3.05, 3.63) is 21.9 Å². The zero-order valence-electron chi connectivity index (χ0n) is 17.9. The lowest BCUT2D eigenvalue weighted by Gasteiger charge is -2.34. The molecule has 0 bridgehead atoms. The number of hydrogen-bond acceptors (Lipinski definition) is 5. The minimum Gasteiger partial charge on any atom is -0.466 e. The summed E-state index contributed by atoms with van der Waals surface area (Å²) >= 11 is 1.78. The first-order valence-electron chi connectivity index (χ1n) is 10.6. The Bertz CT molecular complexity index is 740. The highest BCUT2D eigenvalue weighted by Gasteiger charge is 2.28. The molecule has 1 aromatic rings. The fraction of sp³-hybridized carbons (Fsp3) is 0.667. The molecule has 1 unspecified atom stereocenters. The van der Waals surface area contributed by atoms with Crippen LogP contribution in [0.25, 0.3) is 0 Å². The second-order valence-electron chi connectivity index (χ2n) is 7.46. The van der Waals surface area contributed by atoms with Gasteiger partial charge < -0.3 is 19.9 Å². The average Bonchev–Trinajstić information content (AvgIpc) is 3.21. The van der Waals surface area contributed by atoms with Crippen LogP contribution in [0.5, 0.6) is 0 Å². The van der Waals surface area contributed by atoms with Crippen molar-refractivity contribution in [2.24, 2.45) is 10.9 Å². The molecule has 1 amide bonds. The van der Waals surface area contributed by atoms with Gasteiger partial charge in [0.2, 0.25) is 5.91 Å². The lowest BCUT2D eigenvalue weighted by Crippen LogP contribution is -2.48.